The molecule has 0 saturated carbocycles. The molecule has 15 heavy (non-hydrogen) atoms. The zero-order valence-electron chi connectivity index (χ0n) is 9.04. The molecule has 0 aromatic heterocycles. The minimum atomic E-state index is 0. The number of rotatable bonds is 3. The Bertz CT molecular complexity index is 227. The second-order valence-electron chi connectivity index (χ2n) is 4.47. The van der Waals surface area contributed by atoms with Gasteiger partial charge in [-0.2, -0.15) is 11.8 Å². The molecule has 1 amide bonds. The summed E-state index contributed by atoms with van der Waals surface area (Å²) in [7, 11) is 0. The smallest absolute Gasteiger partial charge is 0.225 e. The average Bonchev–Trinajstić information content (AvgIpc) is 2.47. The lowest BCUT2D eigenvalue weighted by Gasteiger charge is -2.29. The molecule has 3 nitrogen and oxygen atoms in total. The van der Waals surface area contributed by atoms with Gasteiger partial charge in [-0.25, -0.2) is 0 Å². The molecule has 1 atom stereocenters. The molecule has 2 N–H and O–H groups in total. The van der Waals surface area contributed by atoms with Gasteiger partial charge in [0.05, 0.1) is 5.92 Å². The molecule has 0 bridgehead atoms. The number of carbonyl (C=O) groups excluding carboxylic acids is 1. The van der Waals surface area contributed by atoms with E-state index in [2.05, 4.69) is 17.6 Å². The molecule has 2 heterocycles. The second kappa shape index (κ2) is 5.41. The van der Waals surface area contributed by atoms with Crippen molar-refractivity contribution in [3.05, 3.63) is 0 Å². The molecule has 0 aromatic carbocycles. The van der Waals surface area contributed by atoms with Gasteiger partial charge in [0, 0.05) is 24.4 Å². The molecule has 5 heteroatoms. The predicted molar refractivity (Wildman–Crippen MR) is 66.7 cm³/mol. The van der Waals surface area contributed by atoms with Crippen LogP contribution in [0.2, 0.25) is 0 Å². The summed E-state index contributed by atoms with van der Waals surface area (Å²) in [6.07, 6.45) is 2.53. The van der Waals surface area contributed by atoms with E-state index in [9.17, 15) is 4.79 Å². The van der Waals surface area contributed by atoms with E-state index >= 15 is 0 Å². The molecule has 2 rings (SSSR count). The van der Waals surface area contributed by atoms with Crippen molar-refractivity contribution in [3.63, 3.8) is 0 Å². The molecule has 2 aliphatic rings. The lowest BCUT2D eigenvalue weighted by Crippen LogP contribution is -2.52. The SMILES string of the molecule is CC1(CNC(=O)C2CNC2)CCCS1.Cl. The number of thioether (sulfide) groups is 1. The van der Waals surface area contributed by atoms with Gasteiger partial charge in [-0.3, -0.25) is 4.79 Å². The van der Waals surface area contributed by atoms with Crippen molar-refractivity contribution in [1.82, 2.24) is 10.6 Å². The van der Waals surface area contributed by atoms with Crippen LogP contribution in [0.15, 0.2) is 0 Å². The van der Waals surface area contributed by atoms with Crippen molar-refractivity contribution in [2.75, 3.05) is 25.4 Å². The molecule has 2 saturated heterocycles. The van der Waals surface area contributed by atoms with Crippen molar-refractivity contribution in [1.29, 1.82) is 0 Å². The van der Waals surface area contributed by atoms with Gasteiger partial charge < -0.3 is 10.6 Å². The van der Waals surface area contributed by atoms with Gasteiger partial charge in [-0.15, -0.1) is 12.4 Å². The van der Waals surface area contributed by atoms with Gasteiger partial charge in [0.2, 0.25) is 5.91 Å². The molecular formula is C10H19ClN2OS. The lowest BCUT2D eigenvalue weighted by atomic mass is 10.0. The Morgan fingerprint density at radius 1 is 1.60 bits per heavy atom. The normalized spacial score (nSPS) is 30.5. The van der Waals surface area contributed by atoms with Crippen LogP contribution in [0, 0.1) is 5.92 Å². The van der Waals surface area contributed by atoms with E-state index in [0.29, 0.717) is 4.75 Å². The second-order valence-corrected chi connectivity index (χ2v) is 6.16. The van der Waals surface area contributed by atoms with Crippen LogP contribution in [0.3, 0.4) is 0 Å². The van der Waals surface area contributed by atoms with Crippen molar-refractivity contribution in [3.8, 4) is 0 Å². The van der Waals surface area contributed by atoms with Gasteiger partial charge >= 0.3 is 0 Å². The number of hydrogen-bond acceptors (Lipinski definition) is 3. The predicted octanol–water partition coefficient (Wildman–Crippen LogP) is 1.03. The Morgan fingerprint density at radius 2 is 2.33 bits per heavy atom. The minimum Gasteiger partial charge on any atom is -0.354 e. The zero-order chi connectivity index (χ0) is 10.0. The van der Waals surface area contributed by atoms with Gasteiger partial charge in [0.15, 0.2) is 0 Å². The van der Waals surface area contributed by atoms with E-state index in [-0.39, 0.29) is 24.2 Å². The highest BCUT2D eigenvalue weighted by molar-refractivity contribution is 8.00. The molecule has 0 aromatic rings. The maximum Gasteiger partial charge on any atom is 0.225 e. The van der Waals surface area contributed by atoms with Gasteiger partial charge in [-0.1, -0.05) is 0 Å². The Morgan fingerprint density at radius 3 is 2.80 bits per heavy atom. The molecule has 2 fully saturated rings. The number of hydrogen-bond donors (Lipinski definition) is 2. The van der Waals surface area contributed by atoms with Crippen LogP contribution >= 0.6 is 24.2 Å². The summed E-state index contributed by atoms with van der Waals surface area (Å²) in [6, 6.07) is 0. The van der Waals surface area contributed by atoms with Crippen molar-refractivity contribution in [2.24, 2.45) is 5.92 Å². The quantitative estimate of drug-likeness (QED) is 0.786. The fourth-order valence-corrected chi connectivity index (χ4v) is 3.11. The van der Waals surface area contributed by atoms with E-state index in [1.54, 1.807) is 0 Å². The molecule has 0 aliphatic carbocycles. The van der Waals surface area contributed by atoms with Crippen LogP contribution in [0.5, 0.6) is 0 Å². The first-order valence-electron chi connectivity index (χ1n) is 5.32. The topological polar surface area (TPSA) is 41.1 Å². The summed E-state index contributed by atoms with van der Waals surface area (Å²) >= 11 is 1.99. The summed E-state index contributed by atoms with van der Waals surface area (Å²) in [5.41, 5.74) is 0. The third-order valence-corrected chi connectivity index (χ3v) is 4.63. The minimum absolute atomic E-state index is 0. The summed E-state index contributed by atoms with van der Waals surface area (Å²) in [6.45, 7) is 4.81. The first kappa shape index (κ1) is 13.1. The first-order valence-corrected chi connectivity index (χ1v) is 6.31. The molecule has 1 unspecified atom stereocenters. The third kappa shape index (κ3) is 3.26. The summed E-state index contributed by atoms with van der Waals surface area (Å²) in [5.74, 6) is 1.71. The number of nitrogens with one attached hydrogen (secondary N) is 2. The Labute approximate surface area is 102 Å². The summed E-state index contributed by atoms with van der Waals surface area (Å²) < 4.78 is 0.298. The van der Waals surface area contributed by atoms with Crippen LogP contribution in [0.4, 0.5) is 0 Å². The van der Waals surface area contributed by atoms with Crippen molar-refractivity contribution in [2.45, 2.75) is 24.5 Å². The van der Waals surface area contributed by atoms with E-state index in [1.807, 2.05) is 11.8 Å². The van der Waals surface area contributed by atoms with Gasteiger partial charge in [0.1, 0.15) is 0 Å². The maximum atomic E-state index is 11.6. The molecule has 2 aliphatic heterocycles. The third-order valence-electron chi connectivity index (χ3n) is 3.09. The fraction of sp³-hybridized carbons (Fsp3) is 0.900. The van der Waals surface area contributed by atoms with E-state index < -0.39 is 0 Å². The Kier molecular flexibility index (Phi) is 4.74. The highest BCUT2D eigenvalue weighted by Crippen LogP contribution is 2.36. The average molecular weight is 251 g/mol. The first-order chi connectivity index (χ1) is 6.70. The molecule has 88 valence electrons. The molecule has 0 spiro atoms. The monoisotopic (exact) mass is 250 g/mol. The zero-order valence-corrected chi connectivity index (χ0v) is 10.7. The largest absolute Gasteiger partial charge is 0.354 e. The lowest BCUT2D eigenvalue weighted by molar-refractivity contribution is -0.126. The van der Waals surface area contributed by atoms with E-state index in [1.165, 1.54) is 18.6 Å². The van der Waals surface area contributed by atoms with Crippen LogP contribution < -0.4 is 10.6 Å². The Hall–Kier alpha value is 0.0700. The van der Waals surface area contributed by atoms with Crippen molar-refractivity contribution < 1.29 is 4.79 Å². The summed E-state index contributed by atoms with van der Waals surface area (Å²) in [5, 5.41) is 6.18. The fourth-order valence-electron chi connectivity index (χ4n) is 1.87. The maximum absolute atomic E-state index is 11.6. The van der Waals surface area contributed by atoms with Crippen LogP contribution in [-0.4, -0.2) is 36.0 Å². The number of carbonyl (C=O) groups is 1. The highest BCUT2D eigenvalue weighted by Gasteiger charge is 2.31. The van der Waals surface area contributed by atoms with Crippen LogP contribution in [0.25, 0.3) is 0 Å². The van der Waals surface area contributed by atoms with Crippen LogP contribution in [-0.2, 0) is 4.79 Å². The van der Waals surface area contributed by atoms with Crippen molar-refractivity contribution >= 4 is 30.1 Å². The van der Waals surface area contributed by atoms with E-state index in [0.717, 1.165) is 19.6 Å². The molecule has 0 radical (unpaired) electrons. The molecular weight excluding hydrogens is 232 g/mol. The number of amides is 1. The number of halogens is 1. The van der Waals surface area contributed by atoms with Gasteiger partial charge in [-0.05, 0) is 25.5 Å². The van der Waals surface area contributed by atoms with Crippen LogP contribution in [0.1, 0.15) is 19.8 Å². The van der Waals surface area contributed by atoms with Gasteiger partial charge in [0.25, 0.3) is 0 Å². The summed E-state index contributed by atoms with van der Waals surface area (Å²) in [4.78, 5) is 11.6. The van der Waals surface area contributed by atoms with E-state index in [4.69, 9.17) is 0 Å². The standard InChI is InChI=1S/C10H18N2OS.ClH/c1-10(3-2-4-14-10)7-12-9(13)8-5-11-6-8;/h8,11H,2-7H2,1H3,(H,12,13);1H. The highest BCUT2D eigenvalue weighted by atomic mass is 35.5. The Balaban J connectivity index is 0.00000112.